The van der Waals surface area contributed by atoms with E-state index in [1.807, 2.05) is 31.2 Å². The van der Waals surface area contributed by atoms with Crippen LogP contribution in [0.3, 0.4) is 0 Å². The molecule has 42 heavy (non-hydrogen) atoms. The van der Waals surface area contributed by atoms with Crippen molar-refractivity contribution in [1.82, 2.24) is 19.7 Å². The minimum absolute atomic E-state index is 0.0644. The van der Waals surface area contributed by atoms with Crippen molar-refractivity contribution in [3.8, 4) is 11.4 Å². The predicted molar refractivity (Wildman–Crippen MR) is 160 cm³/mol. The van der Waals surface area contributed by atoms with Gasteiger partial charge in [-0.25, -0.2) is 14.0 Å². The fourth-order valence-electron chi connectivity index (χ4n) is 5.80. The fraction of sp³-hybridized carbons (Fsp3) is 0.516. The number of rotatable bonds is 9. The molecule has 3 unspecified atom stereocenters. The number of carbonyl (C=O) groups excluding carboxylic acids is 1. The molecule has 11 nitrogen and oxygen atoms in total. The second-order valence-electron chi connectivity index (χ2n) is 11.3. The third-order valence-corrected chi connectivity index (χ3v) is 8.56. The summed E-state index contributed by atoms with van der Waals surface area (Å²) in [4.78, 5) is 29.2. The van der Waals surface area contributed by atoms with E-state index in [1.165, 1.54) is 5.69 Å². The lowest BCUT2D eigenvalue weighted by molar-refractivity contribution is -0.135. The molecule has 1 amide bonds. The molecule has 2 aromatic carbocycles. The van der Waals surface area contributed by atoms with Crippen LogP contribution in [0.4, 0.5) is 11.4 Å². The van der Waals surface area contributed by atoms with Crippen molar-refractivity contribution in [3.05, 3.63) is 65.3 Å². The molecule has 0 saturated carbocycles. The summed E-state index contributed by atoms with van der Waals surface area (Å²) in [6.07, 6.45) is 3.33. The number of aromatic nitrogens is 3. The molecular weight excluding hydrogens is 536 g/mol. The number of carbonyl (C=O) groups is 1. The molecule has 3 aromatic rings. The molecule has 3 saturated heterocycles. The molecule has 4 atom stereocenters. The largest absolute Gasteiger partial charge is 0.491 e. The van der Waals surface area contributed by atoms with Crippen LogP contribution in [0.5, 0.6) is 5.75 Å². The van der Waals surface area contributed by atoms with Gasteiger partial charge in [-0.1, -0.05) is 6.92 Å². The predicted octanol–water partition coefficient (Wildman–Crippen LogP) is 2.98. The highest BCUT2D eigenvalue weighted by atomic mass is 16.7. The maximum absolute atomic E-state index is 12.7. The Morgan fingerprint density at radius 3 is 2.26 bits per heavy atom. The Morgan fingerprint density at radius 1 is 0.976 bits per heavy atom. The number of piperidine rings is 1. The van der Waals surface area contributed by atoms with Crippen LogP contribution < -0.4 is 25.5 Å². The van der Waals surface area contributed by atoms with Crippen LogP contribution in [0.25, 0.3) is 5.69 Å². The summed E-state index contributed by atoms with van der Waals surface area (Å²) >= 11 is 0. The normalized spacial score (nSPS) is 23.6. The van der Waals surface area contributed by atoms with Crippen LogP contribution in [0.1, 0.15) is 39.2 Å². The van der Waals surface area contributed by atoms with Crippen LogP contribution in [-0.4, -0.2) is 78.6 Å². The van der Waals surface area contributed by atoms with Crippen LogP contribution in [0.15, 0.2) is 59.7 Å². The molecule has 3 aliphatic rings. The molecule has 6 rings (SSSR count). The molecule has 0 aliphatic carbocycles. The minimum Gasteiger partial charge on any atom is -0.491 e. The van der Waals surface area contributed by atoms with E-state index in [0.29, 0.717) is 26.2 Å². The number of nitrogens with zero attached hydrogens (tertiary/aromatic N) is 5. The van der Waals surface area contributed by atoms with E-state index in [-0.39, 0.29) is 36.0 Å². The minimum atomic E-state index is -0.326. The standard InChI is InChI=1S/C31H40N6O5/c1-3-22(2)37-31(39)36(21-33-37)26-6-4-24(5-7-26)34-14-16-35(17-15-34)25-8-10-27(11-9-25)40-19-28-20-41-30(42-28)23-12-13-32-29(38)18-23/h4-11,21-23,28,30H,3,12-20H2,1-2H3,(H,32,38)/t22?,23?,28-,30?/m1/s1. The second kappa shape index (κ2) is 12.6. The Labute approximate surface area is 246 Å². The summed E-state index contributed by atoms with van der Waals surface area (Å²) < 4.78 is 21.0. The molecule has 224 valence electrons. The van der Waals surface area contributed by atoms with E-state index in [1.54, 1.807) is 15.6 Å². The Morgan fingerprint density at radius 2 is 1.62 bits per heavy atom. The van der Waals surface area contributed by atoms with Crippen molar-refractivity contribution in [2.45, 2.75) is 51.5 Å². The van der Waals surface area contributed by atoms with Gasteiger partial charge in [-0.15, -0.1) is 0 Å². The molecule has 0 bridgehead atoms. The zero-order valence-corrected chi connectivity index (χ0v) is 24.4. The third-order valence-electron chi connectivity index (χ3n) is 8.56. The maximum atomic E-state index is 12.7. The first-order chi connectivity index (χ1) is 20.5. The van der Waals surface area contributed by atoms with E-state index in [4.69, 9.17) is 14.2 Å². The first kappa shape index (κ1) is 28.3. The molecule has 3 fully saturated rings. The van der Waals surface area contributed by atoms with E-state index < -0.39 is 0 Å². The summed E-state index contributed by atoms with van der Waals surface area (Å²) in [7, 11) is 0. The van der Waals surface area contributed by atoms with Gasteiger partial charge in [0.05, 0.1) is 18.3 Å². The van der Waals surface area contributed by atoms with Gasteiger partial charge in [0.1, 0.15) is 24.8 Å². The van der Waals surface area contributed by atoms with Gasteiger partial charge >= 0.3 is 5.69 Å². The van der Waals surface area contributed by atoms with Gasteiger partial charge in [0.2, 0.25) is 5.91 Å². The molecule has 0 radical (unpaired) electrons. The van der Waals surface area contributed by atoms with Gasteiger partial charge in [-0.2, -0.15) is 5.10 Å². The van der Waals surface area contributed by atoms with E-state index >= 15 is 0 Å². The molecular formula is C31H40N6O5. The topological polar surface area (TPSA) is 103 Å². The fourth-order valence-corrected chi connectivity index (χ4v) is 5.80. The maximum Gasteiger partial charge on any atom is 0.350 e. The van der Waals surface area contributed by atoms with E-state index in [0.717, 1.165) is 56.1 Å². The first-order valence-corrected chi connectivity index (χ1v) is 15.0. The van der Waals surface area contributed by atoms with Gasteiger partial charge < -0.3 is 29.3 Å². The summed E-state index contributed by atoms with van der Waals surface area (Å²) in [5, 5.41) is 7.14. The van der Waals surface area contributed by atoms with Gasteiger partial charge in [-0.3, -0.25) is 4.79 Å². The summed E-state index contributed by atoms with van der Waals surface area (Å²) in [5.74, 6) is 0.976. The Balaban J connectivity index is 0.967. The number of ether oxygens (including phenoxy) is 3. The van der Waals surface area contributed by atoms with Crippen LogP contribution in [0.2, 0.25) is 0 Å². The lowest BCUT2D eigenvalue weighted by Gasteiger charge is -2.37. The van der Waals surface area contributed by atoms with Gasteiger partial charge in [0, 0.05) is 56.4 Å². The number of hydrogen-bond donors (Lipinski definition) is 1. The third kappa shape index (κ3) is 6.17. The molecule has 4 heterocycles. The van der Waals surface area contributed by atoms with Crippen molar-refractivity contribution in [1.29, 1.82) is 0 Å². The number of piperazine rings is 1. The van der Waals surface area contributed by atoms with Crippen molar-refractivity contribution in [2.24, 2.45) is 5.92 Å². The molecule has 11 heteroatoms. The van der Waals surface area contributed by atoms with Crippen molar-refractivity contribution in [2.75, 3.05) is 55.7 Å². The number of amides is 1. The molecule has 0 spiro atoms. The highest BCUT2D eigenvalue weighted by Gasteiger charge is 2.35. The Bertz CT molecular complexity index is 1400. The van der Waals surface area contributed by atoms with Crippen molar-refractivity contribution in [3.63, 3.8) is 0 Å². The average molecular weight is 577 g/mol. The SMILES string of the molecule is CCC(C)n1ncn(-c2ccc(N3CCN(c4ccc(OC[C@@H]5COC(C6CCNC(=O)C6)O5)cc4)CC3)cc2)c1=O. The average Bonchev–Trinajstić information content (AvgIpc) is 3.67. The van der Waals surface area contributed by atoms with Crippen LogP contribution >= 0.6 is 0 Å². The number of anilines is 2. The van der Waals surface area contributed by atoms with Crippen LogP contribution in [-0.2, 0) is 14.3 Å². The van der Waals surface area contributed by atoms with E-state index in [9.17, 15) is 9.59 Å². The summed E-state index contributed by atoms with van der Waals surface area (Å²) in [6.45, 7) is 9.28. The van der Waals surface area contributed by atoms with Gasteiger partial charge in [-0.05, 0) is 68.3 Å². The smallest absolute Gasteiger partial charge is 0.350 e. The summed E-state index contributed by atoms with van der Waals surface area (Å²) in [6, 6.07) is 16.4. The monoisotopic (exact) mass is 576 g/mol. The Kier molecular flexibility index (Phi) is 8.48. The molecule has 3 aliphatic heterocycles. The zero-order chi connectivity index (χ0) is 29.1. The van der Waals surface area contributed by atoms with Crippen molar-refractivity contribution >= 4 is 17.3 Å². The highest BCUT2D eigenvalue weighted by molar-refractivity contribution is 5.76. The number of nitrogens with one attached hydrogen (secondary N) is 1. The van der Waals surface area contributed by atoms with Gasteiger partial charge in [0.25, 0.3) is 0 Å². The van der Waals surface area contributed by atoms with Gasteiger partial charge in [0.15, 0.2) is 6.29 Å². The number of benzene rings is 2. The quantitative estimate of drug-likeness (QED) is 0.415. The van der Waals surface area contributed by atoms with E-state index in [2.05, 4.69) is 51.4 Å². The van der Waals surface area contributed by atoms with Crippen molar-refractivity contribution < 1.29 is 19.0 Å². The second-order valence-corrected chi connectivity index (χ2v) is 11.3. The first-order valence-electron chi connectivity index (χ1n) is 15.0. The van der Waals surface area contributed by atoms with Crippen LogP contribution in [0, 0.1) is 5.92 Å². The zero-order valence-electron chi connectivity index (χ0n) is 24.4. The molecule has 1 N–H and O–H groups in total. The lowest BCUT2D eigenvalue weighted by atomic mass is 9.97. The lowest BCUT2D eigenvalue weighted by Crippen LogP contribution is -2.46. The Hall–Kier alpha value is -3.83. The summed E-state index contributed by atoms with van der Waals surface area (Å²) in [5.41, 5.74) is 3.04. The molecule has 1 aromatic heterocycles. The number of hydrogen-bond acceptors (Lipinski definition) is 8. The highest BCUT2D eigenvalue weighted by Crippen LogP contribution is 2.27.